The summed E-state index contributed by atoms with van der Waals surface area (Å²) in [6.45, 7) is 4.12. The Bertz CT molecular complexity index is 357. The van der Waals surface area contributed by atoms with Gasteiger partial charge in [0.25, 0.3) is 0 Å². The number of benzene rings is 1. The lowest BCUT2D eigenvalue weighted by Gasteiger charge is -2.13. The molecule has 1 rings (SSSR count). The molecule has 16 heavy (non-hydrogen) atoms. The zero-order valence-electron chi connectivity index (χ0n) is 9.84. The number of hydrazone groups is 1. The van der Waals surface area contributed by atoms with E-state index in [1.807, 2.05) is 36.7 Å². The average molecular weight is 235 g/mol. The molecule has 0 atom stereocenters. The van der Waals surface area contributed by atoms with Gasteiger partial charge in [0.05, 0.1) is 5.69 Å². The maximum atomic E-state index is 7.32. The van der Waals surface area contributed by atoms with Crippen molar-refractivity contribution < 1.29 is 0 Å². The molecular formula is C12H17N3S. The molecule has 0 unspecified atom stereocenters. The highest BCUT2D eigenvalue weighted by atomic mass is 32.2. The summed E-state index contributed by atoms with van der Waals surface area (Å²) in [6.07, 6.45) is 5.08. The number of thioether (sulfide) groups is 1. The van der Waals surface area contributed by atoms with Gasteiger partial charge >= 0.3 is 0 Å². The third kappa shape index (κ3) is 3.70. The van der Waals surface area contributed by atoms with Gasteiger partial charge in [0.1, 0.15) is 6.34 Å². The first-order valence-electron chi connectivity index (χ1n) is 5.15. The van der Waals surface area contributed by atoms with E-state index < -0.39 is 0 Å². The number of hydrogen-bond acceptors (Lipinski definition) is 3. The fourth-order valence-corrected chi connectivity index (χ4v) is 1.52. The maximum absolute atomic E-state index is 7.32. The lowest BCUT2D eigenvalue weighted by Crippen LogP contribution is -2.13. The van der Waals surface area contributed by atoms with Crippen molar-refractivity contribution in [3.8, 4) is 0 Å². The second-order valence-electron chi connectivity index (χ2n) is 3.68. The van der Waals surface area contributed by atoms with Crippen LogP contribution < -0.4 is 5.01 Å². The highest BCUT2D eigenvalue weighted by Crippen LogP contribution is 2.19. The molecule has 0 spiro atoms. The molecule has 0 saturated heterocycles. The Hall–Kier alpha value is -1.29. The first kappa shape index (κ1) is 12.8. The van der Waals surface area contributed by atoms with Crippen LogP contribution >= 0.6 is 11.8 Å². The number of nitrogens with one attached hydrogen (secondary N) is 1. The Kier molecular flexibility index (Phi) is 5.05. The Morgan fingerprint density at radius 1 is 1.31 bits per heavy atom. The normalized spacial score (nSPS) is 11.0. The minimum atomic E-state index is 0.382. The lowest BCUT2D eigenvalue weighted by molar-refractivity contribution is 0.897. The van der Waals surface area contributed by atoms with Crippen molar-refractivity contribution in [2.45, 2.75) is 18.7 Å². The molecule has 86 valence electrons. The number of nitrogens with zero attached hydrogens (tertiary/aromatic N) is 2. The van der Waals surface area contributed by atoms with E-state index in [9.17, 15) is 0 Å². The highest BCUT2D eigenvalue weighted by molar-refractivity contribution is 7.98. The summed E-state index contributed by atoms with van der Waals surface area (Å²) in [5.41, 5.74) is 0.907. The molecule has 3 nitrogen and oxygen atoms in total. The zero-order valence-corrected chi connectivity index (χ0v) is 10.7. The first-order valence-corrected chi connectivity index (χ1v) is 6.38. The van der Waals surface area contributed by atoms with Crippen LogP contribution in [-0.4, -0.2) is 18.8 Å². The molecule has 4 heteroatoms. The quantitative estimate of drug-likeness (QED) is 0.367. The van der Waals surface area contributed by atoms with Gasteiger partial charge in [0, 0.05) is 11.1 Å². The third-order valence-electron chi connectivity index (χ3n) is 1.95. The van der Waals surface area contributed by atoms with Gasteiger partial charge in [-0.1, -0.05) is 13.8 Å². The van der Waals surface area contributed by atoms with Gasteiger partial charge in [-0.25, -0.2) is 5.01 Å². The van der Waals surface area contributed by atoms with Crippen molar-refractivity contribution in [2.75, 3.05) is 11.3 Å². The van der Waals surface area contributed by atoms with E-state index in [1.165, 1.54) is 11.2 Å². The predicted molar refractivity (Wildman–Crippen MR) is 72.8 cm³/mol. The summed E-state index contributed by atoms with van der Waals surface area (Å²) in [6, 6.07) is 7.99. The van der Waals surface area contributed by atoms with Crippen molar-refractivity contribution in [1.82, 2.24) is 0 Å². The van der Waals surface area contributed by atoms with E-state index in [4.69, 9.17) is 5.41 Å². The molecular weight excluding hydrogens is 218 g/mol. The van der Waals surface area contributed by atoms with Crippen molar-refractivity contribution in [1.29, 1.82) is 5.41 Å². The minimum absolute atomic E-state index is 0.382. The van der Waals surface area contributed by atoms with Crippen molar-refractivity contribution in [3.05, 3.63) is 24.3 Å². The van der Waals surface area contributed by atoms with Gasteiger partial charge in [-0.3, -0.25) is 5.41 Å². The van der Waals surface area contributed by atoms with Crippen LogP contribution in [-0.2, 0) is 0 Å². The van der Waals surface area contributed by atoms with Gasteiger partial charge in [-0.15, -0.1) is 11.8 Å². The zero-order chi connectivity index (χ0) is 12.0. The second-order valence-corrected chi connectivity index (χ2v) is 4.56. The fourth-order valence-electron chi connectivity index (χ4n) is 1.11. The molecule has 1 N–H and O–H groups in total. The van der Waals surface area contributed by atoms with Crippen LogP contribution in [0.25, 0.3) is 0 Å². The van der Waals surface area contributed by atoms with E-state index in [2.05, 4.69) is 18.9 Å². The second kappa shape index (κ2) is 6.33. The van der Waals surface area contributed by atoms with E-state index in [-0.39, 0.29) is 0 Å². The van der Waals surface area contributed by atoms with Gasteiger partial charge in [-0.2, -0.15) is 5.10 Å². The van der Waals surface area contributed by atoms with Crippen LogP contribution in [0.1, 0.15) is 13.8 Å². The predicted octanol–water partition coefficient (Wildman–Crippen LogP) is 3.46. The summed E-state index contributed by atoms with van der Waals surface area (Å²) in [7, 11) is 0. The van der Waals surface area contributed by atoms with Gasteiger partial charge in [0.15, 0.2) is 0 Å². The highest BCUT2D eigenvalue weighted by Gasteiger charge is 2.00. The Morgan fingerprint density at radius 3 is 2.38 bits per heavy atom. The molecule has 0 saturated carbocycles. The molecule has 1 aromatic rings. The average Bonchev–Trinajstić information content (AvgIpc) is 2.30. The summed E-state index contributed by atoms with van der Waals surface area (Å²) >= 11 is 1.70. The number of anilines is 1. The topological polar surface area (TPSA) is 39.5 Å². The molecule has 0 aliphatic heterocycles. The summed E-state index contributed by atoms with van der Waals surface area (Å²) < 4.78 is 0. The summed E-state index contributed by atoms with van der Waals surface area (Å²) in [5, 5.41) is 13.1. The summed E-state index contributed by atoms with van der Waals surface area (Å²) in [5.74, 6) is 0.382. The molecule has 0 aromatic heterocycles. The number of rotatable bonds is 5. The van der Waals surface area contributed by atoms with Crippen LogP contribution in [0.2, 0.25) is 0 Å². The van der Waals surface area contributed by atoms with Gasteiger partial charge in [-0.05, 0) is 36.4 Å². The molecule has 0 aliphatic carbocycles. The van der Waals surface area contributed by atoms with Crippen LogP contribution in [0.5, 0.6) is 0 Å². The monoisotopic (exact) mass is 235 g/mol. The molecule has 0 radical (unpaired) electrons. The molecule has 0 bridgehead atoms. The molecule has 0 heterocycles. The van der Waals surface area contributed by atoms with E-state index in [0.29, 0.717) is 5.92 Å². The SMILES string of the molecule is CSc1ccc(N(C=N)/N=C/C(C)C)cc1. The smallest absolute Gasteiger partial charge is 0.109 e. The first-order chi connectivity index (χ1) is 7.67. The van der Waals surface area contributed by atoms with Crippen molar-refractivity contribution in [2.24, 2.45) is 11.0 Å². The van der Waals surface area contributed by atoms with Crippen molar-refractivity contribution >= 4 is 30.0 Å². The minimum Gasteiger partial charge on any atom is -0.289 e. The van der Waals surface area contributed by atoms with E-state index >= 15 is 0 Å². The Morgan fingerprint density at radius 2 is 1.94 bits per heavy atom. The molecule has 0 aliphatic rings. The van der Waals surface area contributed by atoms with Gasteiger partial charge < -0.3 is 0 Å². The fraction of sp³-hybridized carbons (Fsp3) is 0.333. The standard InChI is InChI=1S/C12H17N3S/c1-10(2)8-14-15(9-13)11-4-6-12(16-3)7-5-11/h4-10,13H,1-3H3/b13-9?,14-8+. The van der Waals surface area contributed by atoms with Crippen LogP contribution in [0.3, 0.4) is 0 Å². The largest absolute Gasteiger partial charge is 0.289 e. The van der Waals surface area contributed by atoms with Crippen LogP contribution in [0.15, 0.2) is 34.3 Å². The van der Waals surface area contributed by atoms with E-state index in [0.717, 1.165) is 5.69 Å². The van der Waals surface area contributed by atoms with Crippen molar-refractivity contribution in [3.63, 3.8) is 0 Å². The Labute approximate surface area is 101 Å². The van der Waals surface area contributed by atoms with E-state index in [1.54, 1.807) is 16.8 Å². The summed E-state index contributed by atoms with van der Waals surface area (Å²) in [4.78, 5) is 1.21. The Balaban J connectivity index is 2.82. The molecule has 0 amide bonds. The van der Waals surface area contributed by atoms with Gasteiger partial charge in [0.2, 0.25) is 0 Å². The molecule has 0 fully saturated rings. The third-order valence-corrected chi connectivity index (χ3v) is 2.69. The lowest BCUT2D eigenvalue weighted by atomic mass is 10.2. The molecule has 1 aromatic carbocycles. The van der Waals surface area contributed by atoms with Crippen LogP contribution in [0.4, 0.5) is 5.69 Å². The maximum Gasteiger partial charge on any atom is 0.109 e. The van der Waals surface area contributed by atoms with Crippen LogP contribution in [0, 0.1) is 11.3 Å². The number of hydrogen-bond donors (Lipinski definition) is 1.